The molecule has 24 heavy (non-hydrogen) atoms. The highest BCUT2D eigenvalue weighted by molar-refractivity contribution is 5.90. The van der Waals surface area contributed by atoms with Gasteiger partial charge in [-0.2, -0.15) is 13.2 Å². The second-order valence-corrected chi connectivity index (χ2v) is 5.86. The van der Waals surface area contributed by atoms with Crippen molar-refractivity contribution in [2.24, 2.45) is 5.92 Å². The van der Waals surface area contributed by atoms with Crippen molar-refractivity contribution >= 4 is 11.7 Å². The van der Waals surface area contributed by atoms with E-state index in [1.807, 2.05) is 6.92 Å². The quantitative estimate of drug-likeness (QED) is 0.707. The summed E-state index contributed by atoms with van der Waals surface area (Å²) in [5.41, 5.74) is 0.782. The summed E-state index contributed by atoms with van der Waals surface area (Å²) in [6.07, 6.45) is -4.32. The fourth-order valence-electron chi connectivity index (χ4n) is 2.16. The number of halogens is 3. The molecule has 0 bridgehead atoms. The van der Waals surface area contributed by atoms with Gasteiger partial charge in [0.1, 0.15) is 5.75 Å². The second-order valence-electron chi connectivity index (χ2n) is 5.86. The number of amides is 2. The Morgan fingerprint density at radius 1 is 1.33 bits per heavy atom. The molecule has 0 spiro atoms. The number of hydrogen-bond donors (Lipinski definition) is 3. The van der Waals surface area contributed by atoms with Gasteiger partial charge in [-0.1, -0.05) is 13.0 Å². The van der Waals surface area contributed by atoms with E-state index in [0.717, 1.165) is 0 Å². The number of rotatable bonds is 7. The van der Waals surface area contributed by atoms with E-state index in [9.17, 15) is 23.1 Å². The van der Waals surface area contributed by atoms with Crippen molar-refractivity contribution < 1.29 is 27.8 Å². The van der Waals surface area contributed by atoms with Crippen LogP contribution in [0.3, 0.4) is 0 Å². The van der Waals surface area contributed by atoms with Crippen LogP contribution in [0.25, 0.3) is 0 Å². The molecule has 0 aromatic heterocycles. The lowest BCUT2D eigenvalue weighted by molar-refractivity contribution is -0.153. The first-order valence-electron chi connectivity index (χ1n) is 7.60. The molecule has 8 heteroatoms. The van der Waals surface area contributed by atoms with Crippen LogP contribution in [0.1, 0.15) is 25.8 Å². The summed E-state index contributed by atoms with van der Waals surface area (Å²) < 4.78 is 41.4. The predicted octanol–water partition coefficient (Wildman–Crippen LogP) is 3.46. The maximum Gasteiger partial charge on any atom is 0.422 e. The number of carbonyl (C=O) groups is 1. The highest BCUT2D eigenvalue weighted by atomic mass is 19.4. The summed E-state index contributed by atoms with van der Waals surface area (Å²) in [4.78, 5) is 11.9. The number of urea groups is 1. The van der Waals surface area contributed by atoms with E-state index in [4.69, 9.17) is 4.74 Å². The van der Waals surface area contributed by atoms with Crippen molar-refractivity contribution in [3.63, 3.8) is 0 Å². The van der Waals surface area contributed by atoms with Crippen molar-refractivity contribution in [3.8, 4) is 5.75 Å². The van der Waals surface area contributed by atoms with Crippen molar-refractivity contribution in [1.29, 1.82) is 0 Å². The Labute approximate surface area is 139 Å². The molecule has 0 aliphatic rings. The van der Waals surface area contributed by atoms with Gasteiger partial charge in [0.2, 0.25) is 0 Å². The molecular formula is C16H23F3N2O3. The zero-order chi connectivity index (χ0) is 18.3. The molecule has 0 aliphatic heterocycles. The van der Waals surface area contributed by atoms with Gasteiger partial charge < -0.3 is 20.5 Å². The van der Waals surface area contributed by atoms with Crippen LogP contribution >= 0.6 is 0 Å². The van der Waals surface area contributed by atoms with Crippen molar-refractivity contribution in [1.82, 2.24) is 5.32 Å². The van der Waals surface area contributed by atoms with Crippen molar-refractivity contribution in [2.45, 2.75) is 39.5 Å². The molecule has 0 fully saturated rings. The Bertz CT molecular complexity index is 548. The van der Waals surface area contributed by atoms with Crippen LogP contribution in [0.5, 0.6) is 5.75 Å². The minimum Gasteiger partial charge on any atom is -0.484 e. The van der Waals surface area contributed by atoms with E-state index >= 15 is 0 Å². The van der Waals surface area contributed by atoms with Gasteiger partial charge in [0.05, 0.1) is 6.10 Å². The van der Waals surface area contributed by atoms with Crippen LogP contribution < -0.4 is 15.4 Å². The smallest absolute Gasteiger partial charge is 0.422 e. The fraction of sp³-hybridized carbons (Fsp3) is 0.562. The average Bonchev–Trinajstić information content (AvgIpc) is 2.44. The summed E-state index contributed by atoms with van der Waals surface area (Å²) in [5.74, 6) is 0.158. The summed E-state index contributed by atoms with van der Waals surface area (Å²) >= 11 is 0. The summed E-state index contributed by atoms with van der Waals surface area (Å²) in [5, 5.41) is 14.5. The normalized spacial score (nSPS) is 14.0. The van der Waals surface area contributed by atoms with Crippen molar-refractivity contribution in [3.05, 3.63) is 23.8 Å². The van der Waals surface area contributed by atoms with Crippen LogP contribution in [0, 0.1) is 12.8 Å². The molecular weight excluding hydrogens is 325 g/mol. The van der Waals surface area contributed by atoms with Gasteiger partial charge in [0.15, 0.2) is 6.61 Å². The molecule has 5 nitrogen and oxygen atoms in total. The average molecular weight is 348 g/mol. The topological polar surface area (TPSA) is 70.6 Å². The number of carbonyl (C=O) groups excluding carboxylic acids is 1. The molecule has 3 N–H and O–H groups in total. The van der Waals surface area contributed by atoms with Crippen molar-refractivity contribution in [2.75, 3.05) is 18.5 Å². The Morgan fingerprint density at radius 2 is 2.00 bits per heavy atom. The van der Waals surface area contributed by atoms with Gasteiger partial charge in [0.25, 0.3) is 0 Å². The lowest BCUT2D eigenvalue weighted by Crippen LogP contribution is -2.33. The first kappa shape index (κ1) is 20.1. The van der Waals surface area contributed by atoms with E-state index in [1.165, 1.54) is 12.1 Å². The largest absolute Gasteiger partial charge is 0.484 e. The van der Waals surface area contributed by atoms with Gasteiger partial charge in [0, 0.05) is 17.8 Å². The van der Waals surface area contributed by atoms with E-state index in [1.54, 1.807) is 19.9 Å². The second kappa shape index (κ2) is 8.77. The number of hydrogen-bond acceptors (Lipinski definition) is 3. The van der Waals surface area contributed by atoms with E-state index in [0.29, 0.717) is 24.2 Å². The molecule has 1 rings (SSSR count). The first-order chi connectivity index (χ1) is 11.1. The Kier molecular flexibility index (Phi) is 7.34. The number of nitrogens with one attached hydrogen (secondary N) is 2. The summed E-state index contributed by atoms with van der Waals surface area (Å²) in [6.45, 7) is 4.12. The zero-order valence-electron chi connectivity index (χ0n) is 13.9. The molecule has 136 valence electrons. The molecule has 1 aromatic carbocycles. The maximum absolute atomic E-state index is 12.2. The lowest BCUT2D eigenvalue weighted by atomic mass is 10.1. The molecule has 0 aliphatic carbocycles. The summed E-state index contributed by atoms with van der Waals surface area (Å²) in [6, 6.07) is 4.02. The molecule has 1 aromatic rings. The van der Waals surface area contributed by atoms with Crippen LogP contribution in [0.4, 0.5) is 23.7 Å². The highest BCUT2D eigenvalue weighted by Gasteiger charge is 2.28. The van der Waals surface area contributed by atoms with Gasteiger partial charge >= 0.3 is 12.2 Å². The van der Waals surface area contributed by atoms with Gasteiger partial charge in [-0.25, -0.2) is 4.79 Å². The number of ether oxygens (including phenoxy) is 1. The monoisotopic (exact) mass is 348 g/mol. The SMILES string of the molecule is Cc1c(NC(=O)NC[C@@H](C)C[C@H](C)O)cccc1OCC(F)(F)F. The maximum atomic E-state index is 12.2. The van der Waals surface area contributed by atoms with Crippen LogP contribution in [0.2, 0.25) is 0 Å². The number of aliphatic hydroxyl groups is 1. The standard InChI is InChI=1S/C16H23F3N2O3/c1-10(7-11(2)22)8-20-15(23)21-13-5-4-6-14(12(13)3)24-9-16(17,18)19/h4-6,10-11,22H,7-9H2,1-3H3,(H2,20,21,23)/t10-,11-/m0/s1. The molecule has 0 saturated carbocycles. The number of benzene rings is 1. The van der Waals surface area contributed by atoms with Gasteiger partial charge in [-0.05, 0) is 38.3 Å². The summed E-state index contributed by atoms with van der Waals surface area (Å²) in [7, 11) is 0. The van der Waals surface area contributed by atoms with Crippen LogP contribution in [-0.2, 0) is 0 Å². The minimum absolute atomic E-state index is 0.0626. The lowest BCUT2D eigenvalue weighted by Gasteiger charge is -2.17. The van der Waals surface area contributed by atoms with Gasteiger partial charge in [-0.3, -0.25) is 0 Å². The van der Waals surface area contributed by atoms with E-state index in [-0.39, 0.29) is 11.7 Å². The number of alkyl halides is 3. The predicted molar refractivity (Wildman–Crippen MR) is 85.2 cm³/mol. The molecule has 2 amide bonds. The Hall–Kier alpha value is -1.96. The van der Waals surface area contributed by atoms with Crippen LogP contribution in [-0.4, -0.2) is 36.6 Å². The Morgan fingerprint density at radius 3 is 2.58 bits per heavy atom. The van der Waals surface area contributed by atoms with Gasteiger partial charge in [-0.15, -0.1) is 0 Å². The highest BCUT2D eigenvalue weighted by Crippen LogP contribution is 2.27. The Balaban J connectivity index is 2.59. The third-order valence-electron chi connectivity index (χ3n) is 3.28. The fourth-order valence-corrected chi connectivity index (χ4v) is 2.16. The van der Waals surface area contributed by atoms with Crippen LogP contribution in [0.15, 0.2) is 18.2 Å². The molecule has 0 unspecified atom stereocenters. The van der Waals surface area contributed by atoms with E-state index in [2.05, 4.69) is 10.6 Å². The first-order valence-corrected chi connectivity index (χ1v) is 7.60. The molecule has 0 saturated heterocycles. The zero-order valence-corrected chi connectivity index (χ0v) is 13.9. The number of anilines is 1. The number of aliphatic hydroxyl groups excluding tert-OH is 1. The third kappa shape index (κ3) is 7.54. The van der Waals surface area contributed by atoms with E-state index < -0.39 is 24.9 Å². The molecule has 0 radical (unpaired) electrons. The third-order valence-corrected chi connectivity index (χ3v) is 3.28. The minimum atomic E-state index is -4.42. The molecule has 2 atom stereocenters. The molecule has 0 heterocycles.